The van der Waals surface area contributed by atoms with E-state index in [0.29, 0.717) is 84.9 Å². The molecule has 4 amide bonds. The molecule has 2 N–H and O–H groups in total. The number of nitrogens with zero attached hydrogens (tertiary/aromatic N) is 7. The number of hydrogen-bond acceptors (Lipinski definition) is 10. The van der Waals surface area contributed by atoms with Gasteiger partial charge in [-0.1, -0.05) is 12.1 Å². The number of carbonyl (C=O) groups is 4. The van der Waals surface area contributed by atoms with Crippen LogP contribution in [0.25, 0.3) is 32.9 Å². The number of benzene rings is 2. The third-order valence-electron chi connectivity index (χ3n) is 12.0. The van der Waals surface area contributed by atoms with Crippen molar-refractivity contribution in [2.24, 2.45) is 0 Å². The molecule has 57 heavy (non-hydrogen) atoms. The second-order valence-corrected chi connectivity index (χ2v) is 15.3. The fourth-order valence-corrected chi connectivity index (χ4v) is 8.74. The molecule has 4 aliphatic rings. The molecule has 0 spiro atoms. The number of carbonyl (C=O) groups excluding carboxylic acids is 4. The molecule has 0 saturated carbocycles. The third-order valence-corrected chi connectivity index (χ3v) is 12.0. The molecule has 0 aliphatic carbocycles. The van der Waals surface area contributed by atoms with Crippen LogP contribution in [0.5, 0.6) is 0 Å². The molecule has 2 aromatic carbocycles. The average Bonchev–Trinajstić information content (AvgIpc) is 3.67. The Kier molecular flexibility index (Phi) is 9.19. The Morgan fingerprint density at radius 2 is 1.60 bits per heavy atom. The number of hydrogen-bond donors (Lipinski definition) is 2. The molecular weight excluding hydrogens is 741 g/mol. The number of halogens is 3. The monoisotopic (exact) mass is 780 g/mol. The van der Waals surface area contributed by atoms with Crippen LogP contribution in [0.3, 0.4) is 0 Å². The van der Waals surface area contributed by atoms with Gasteiger partial charge >= 0.3 is 6.55 Å². The molecular formula is C41H39F3N8O5. The summed E-state index contributed by atoms with van der Waals surface area (Å²) in [5.74, 6) is -2.47. The SMILES string of the molecule is O=C1CCC(N2C(=O)c3ccc(N4CCN(CCC5(O)CCN(c6ncc(-c7ccc8c9cnccc9n(C(F)F)c8c7)cc6F)CC5)CC4)cc3C2=O)C(=O)N1. The number of anilines is 2. The van der Waals surface area contributed by atoms with Gasteiger partial charge in [0, 0.05) is 92.8 Å². The highest BCUT2D eigenvalue weighted by molar-refractivity contribution is 6.23. The maximum atomic E-state index is 15.6. The zero-order valence-corrected chi connectivity index (χ0v) is 30.8. The number of piperidine rings is 2. The van der Waals surface area contributed by atoms with Crippen molar-refractivity contribution in [3.8, 4) is 11.1 Å². The Hall–Kier alpha value is -5.87. The van der Waals surface area contributed by atoms with Gasteiger partial charge in [0.2, 0.25) is 11.8 Å². The number of imide groups is 2. The summed E-state index contributed by atoms with van der Waals surface area (Å²) in [6.07, 6.45) is 6.18. The number of amides is 4. The van der Waals surface area contributed by atoms with Crippen LogP contribution >= 0.6 is 0 Å². The third kappa shape index (κ3) is 6.55. The van der Waals surface area contributed by atoms with Crippen molar-refractivity contribution < 1.29 is 37.5 Å². The number of alkyl halides is 2. The van der Waals surface area contributed by atoms with E-state index in [9.17, 15) is 33.1 Å². The van der Waals surface area contributed by atoms with E-state index >= 15 is 4.39 Å². The van der Waals surface area contributed by atoms with E-state index in [-0.39, 0.29) is 29.8 Å². The lowest BCUT2D eigenvalue weighted by Gasteiger charge is -2.41. The Labute approximate surface area is 324 Å². The molecule has 7 heterocycles. The maximum Gasteiger partial charge on any atom is 0.319 e. The summed E-state index contributed by atoms with van der Waals surface area (Å²) in [5, 5.41) is 15.0. The first kappa shape index (κ1) is 36.7. The first-order chi connectivity index (χ1) is 27.5. The minimum absolute atomic E-state index is 0.0598. The Balaban J connectivity index is 0.786. The number of aliphatic hydroxyl groups is 1. The summed E-state index contributed by atoms with van der Waals surface area (Å²) in [7, 11) is 0. The number of piperazine rings is 1. The molecule has 4 aliphatic heterocycles. The van der Waals surface area contributed by atoms with Gasteiger partial charge in [0.25, 0.3) is 11.8 Å². The second-order valence-electron chi connectivity index (χ2n) is 15.3. The number of aromatic nitrogens is 3. The Bertz CT molecular complexity index is 2460. The van der Waals surface area contributed by atoms with E-state index in [0.717, 1.165) is 28.2 Å². The van der Waals surface area contributed by atoms with Gasteiger partial charge in [-0.2, -0.15) is 8.78 Å². The van der Waals surface area contributed by atoms with Crippen molar-refractivity contribution in [3.05, 3.63) is 84.1 Å². The summed E-state index contributed by atoms with van der Waals surface area (Å²) >= 11 is 0. The maximum absolute atomic E-state index is 15.6. The highest BCUT2D eigenvalue weighted by Crippen LogP contribution is 2.37. The predicted molar refractivity (Wildman–Crippen MR) is 204 cm³/mol. The quantitative estimate of drug-likeness (QED) is 0.212. The highest BCUT2D eigenvalue weighted by Gasteiger charge is 2.45. The van der Waals surface area contributed by atoms with Gasteiger partial charge < -0.3 is 14.9 Å². The lowest BCUT2D eigenvalue weighted by atomic mass is 9.88. The highest BCUT2D eigenvalue weighted by atomic mass is 19.3. The summed E-state index contributed by atoms with van der Waals surface area (Å²) < 4.78 is 44.8. The van der Waals surface area contributed by atoms with Gasteiger partial charge in [-0.15, -0.1) is 0 Å². The van der Waals surface area contributed by atoms with Crippen molar-refractivity contribution >= 4 is 56.9 Å². The molecule has 13 nitrogen and oxygen atoms in total. The zero-order valence-electron chi connectivity index (χ0n) is 30.8. The van der Waals surface area contributed by atoms with Crippen LogP contribution in [0, 0.1) is 5.82 Å². The number of pyridine rings is 2. The lowest BCUT2D eigenvalue weighted by Crippen LogP contribution is -2.54. The summed E-state index contributed by atoms with van der Waals surface area (Å²) in [6, 6.07) is 12.2. The molecule has 1 atom stereocenters. The average molecular weight is 781 g/mol. The standard InChI is InChI=1S/C41H39F3N8O5/c42-31-19-25(24-1-3-27-30-23-45-11-7-32(30)51(40(43)44)34(27)20-24)22-46-36(31)50-13-9-41(57,10-14-50)8-12-48-15-17-49(18-16-48)26-2-4-28-29(21-26)39(56)52(38(28)55)33-5-6-35(53)47-37(33)54/h1-4,7,11,19-23,33,40,57H,5-6,8-10,12-18H2,(H,47,53,54). The van der Waals surface area contributed by atoms with Crippen molar-refractivity contribution in [3.63, 3.8) is 0 Å². The molecule has 0 bridgehead atoms. The van der Waals surface area contributed by atoms with Crippen LogP contribution < -0.4 is 15.1 Å². The summed E-state index contributed by atoms with van der Waals surface area (Å²) in [4.78, 5) is 66.2. The lowest BCUT2D eigenvalue weighted by molar-refractivity contribution is -0.136. The van der Waals surface area contributed by atoms with Crippen LogP contribution in [-0.2, 0) is 9.59 Å². The largest absolute Gasteiger partial charge is 0.390 e. The molecule has 1 unspecified atom stereocenters. The fourth-order valence-electron chi connectivity index (χ4n) is 8.74. The van der Waals surface area contributed by atoms with Gasteiger partial charge in [0.1, 0.15) is 6.04 Å². The van der Waals surface area contributed by atoms with Crippen LogP contribution in [0.15, 0.2) is 67.1 Å². The van der Waals surface area contributed by atoms with E-state index in [4.69, 9.17) is 0 Å². The van der Waals surface area contributed by atoms with Crippen LogP contribution in [0.2, 0.25) is 0 Å². The fraction of sp³-hybridized carbons (Fsp3) is 0.366. The van der Waals surface area contributed by atoms with Gasteiger partial charge in [-0.25, -0.2) is 9.37 Å². The van der Waals surface area contributed by atoms with Crippen LogP contribution in [0.1, 0.15) is 59.4 Å². The normalized spacial score (nSPS) is 20.3. The van der Waals surface area contributed by atoms with Crippen molar-refractivity contribution in [2.45, 2.75) is 50.3 Å². The smallest absolute Gasteiger partial charge is 0.319 e. The first-order valence-electron chi connectivity index (χ1n) is 19.1. The molecule has 9 rings (SSSR count). The minimum Gasteiger partial charge on any atom is -0.390 e. The van der Waals surface area contributed by atoms with Crippen LogP contribution in [-0.4, -0.2) is 111 Å². The topological polar surface area (TPSA) is 144 Å². The first-order valence-corrected chi connectivity index (χ1v) is 19.1. The number of nitrogens with one attached hydrogen (secondary N) is 1. The van der Waals surface area contributed by atoms with Crippen LogP contribution in [0.4, 0.5) is 24.7 Å². The number of rotatable bonds is 8. The van der Waals surface area contributed by atoms with Gasteiger partial charge in [0.05, 0.1) is 27.8 Å². The van der Waals surface area contributed by atoms with E-state index in [1.807, 2.05) is 11.0 Å². The second kappa shape index (κ2) is 14.3. The van der Waals surface area contributed by atoms with Crippen molar-refractivity contribution in [1.29, 1.82) is 0 Å². The minimum atomic E-state index is -2.77. The van der Waals surface area contributed by atoms with Gasteiger partial charge in [0.15, 0.2) is 11.6 Å². The molecule has 3 fully saturated rings. The van der Waals surface area contributed by atoms with E-state index < -0.39 is 47.6 Å². The molecule has 16 heteroatoms. The molecule has 0 radical (unpaired) electrons. The zero-order chi connectivity index (χ0) is 39.6. The Morgan fingerprint density at radius 1 is 0.825 bits per heavy atom. The van der Waals surface area contributed by atoms with Gasteiger partial charge in [-0.3, -0.25) is 43.8 Å². The van der Waals surface area contributed by atoms with Gasteiger partial charge in [-0.05, 0) is 67.6 Å². The van der Waals surface area contributed by atoms with E-state index in [1.54, 1.807) is 48.8 Å². The summed E-state index contributed by atoms with van der Waals surface area (Å²) in [5.41, 5.74) is 2.09. The molecule has 5 aromatic rings. The van der Waals surface area contributed by atoms with Crippen molar-refractivity contribution in [2.75, 3.05) is 55.6 Å². The Morgan fingerprint density at radius 3 is 2.33 bits per heavy atom. The summed E-state index contributed by atoms with van der Waals surface area (Å²) in [6.45, 7) is 1.55. The van der Waals surface area contributed by atoms with Crippen molar-refractivity contribution in [1.82, 2.24) is 29.7 Å². The predicted octanol–water partition coefficient (Wildman–Crippen LogP) is 4.73. The molecule has 3 aromatic heterocycles. The number of fused-ring (bicyclic) bond motifs is 4. The van der Waals surface area contributed by atoms with E-state index in [1.165, 1.54) is 12.3 Å². The van der Waals surface area contributed by atoms with E-state index in [2.05, 4.69) is 25.1 Å². The molecule has 3 saturated heterocycles. The molecule has 294 valence electrons.